The topological polar surface area (TPSA) is 56.9 Å². The third kappa shape index (κ3) is 7.04. The molecule has 1 atom stereocenters. The molecular formula is C21H35ClIN5. The summed E-state index contributed by atoms with van der Waals surface area (Å²) in [6, 6.07) is 8.75. The molecule has 1 aromatic carbocycles. The van der Waals surface area contributed by atoms with E-state index in [9.17, 15) is 0 Å². The lowest BCUT2D eigenvalue weighted by Crippen LogP contribution is -2.43. The maximum Gasteiger partial charge on any atom is 0.188 e. The molecule has 0 radical (unpaired) electrons. The Balaban J connectivity index is 0.00000280. The first-order valence-electron chi connectivity index (χ1n) is 10.4. The van der Waals surface area contributed by atoms with E-state index in [1.165, 1.54) is 37.8 Å². The largest absolute Gasteiger partial charge is 0.370 e. The monoisotopic (exact) mass is 519 g/mol. The van der Waals surface area contributed by atoms with E-state index in [1.54, 1.807) is 0 Å². The van der Waals surface area contributed by atoms with E-state index < -0.39 is 0 Å². The van der Waals surface area contributed by atoms with E-state index in [0.29, 0.717) is 17.9 Å². The number of halogens is 2. The molecule has 2 fully saturated rings. The summed E-state index contributed by atoms with van der Waals surface area (Å²) in [7, 11) is 0. The second-order valence-corrected chi connectivity index (χ2v) is 8.25. The van der Waals surface area contributed by atoms with Crippen LogP contribution < -0.4 is 11.1 Å². The summed E-state index contributed by atoms with van der Waals surface area (Å²) in [6.07, 6.45) is 4.91. The zero-order valence-corrected chi connectivity index (χ0v) is 20.0. The second-order valence-electron chi connectivity index (χ2n) is 7.84. The number of piperidine rings is 1. The molecule has 2 aliphatic rings. The molecule has 0 bridgehead atoms. The van der Waals surface area contributed by atoms with Crippen molar-refractivity contribution in [1.29, 1.82) is 0 Å². The van der Waals surface area contributed by atoms with Gasteiger partial charge in [-0.25, -0.2) is 0 Å². The van der Waals surface area contributed by atoms with Crippen molar-refractivity contribution in [3.05, 3.63) is 34.9 Å². The average Bonchev–Trinajstić information content (AvgIpc) is 3.15. The van der Waals surface area contributed by atoms with Crippen LogP contribution in [0.1, 0.15) is 38.2 Å². The van der Waals surface area contributed by atoms with Crippen LogP contribution in [0, 0.1) is 5.92 Å². The van der Waals surface area contributed by atoms with Crippen molar-refractivity contribution in [3.63, 3.8) is 0 Å². The number of rotatable bonds is 7. The summed E-state index contributed by atoms with van der Waals surface area (Å²) in [5.41, 5.74) is 7.32. The van der Waals surface area contributed by atoms with Crippen LogP contribution in [-0.4, -0.2) is 61.1 Å². The lowest BCUT2D eigenvalue weighted by molar-refractivity contribution is 0.180. The van der Waals surface area contributed by atoms with Crippen molar-refractivity contribution < 1.29 is 0 Å². The third-order valence-electron chi connectivity index (χ3n) is 6.00. The fourth-order valence-corrected chi connectivity index (χ4v) is 4.44. The minimum atomic E-state index is 0. The van der Waals surface area contributed by atoms with Crippen LogP contribution in [-0.2, 0) is 6.54 Å². The molecule has 3 N–H and O–H groups in total. The Morgan fingerprint density at radius 1 is 1.21 bits per heavy atom. The molecule has 2 saturated heterocycles. The van der Waals surface area contributed by atoms with Crippen molar-refractivity contribution in [2.24, 2.45) is 16.6 Å². The number of hydrogen-bond donors (Lipinski definition) is 2. The maximum atomic E-state index is 6.28. The zero-order valence-electron chi connectivity index (χ0n) is 16.9. The van der Waals surface area contributed by atoms with Gasteiger partial charge >= 0.3 is 0 Å². The lowest BCUT2D eigenvalue weighted by Gasteiger charge is -2.31. The molecule has 0 aromatic heterocycles. The SMILES string of the molecule is CCN1CCCC1CNC(N)=NCC1CCN(Cc2ccccc2Cl)CC1.I. The molecule has 0 amide bonds. The van der Waals surface area contributed by atoms with Crippen molar-refractivity contribution >= 4 is 41.5 Å². The highest BCUT2D eigenvalue weighted by atomic mass is 127. The maximum absolute atomic E-state index is 6.28. The van der Waals surface area contributed by atoms with Crippen LogP contribution in [0.4, 0.5) is 0 Å². The number of nitrogens with one attached hydrogen (secondary N) is 1. The van der Waals surface area contributed by atoms with Crippen molar-refractivity contribution in [1.82, 2.24) is 15.1 Å². The molecule has 0 spiro atoms. The molecular weight excluding hydrogens is 485 g/mol. The van der Waals surface area contributed by atoms with Gasteiger partial charge in [0, 0.05) is 30.7 Å². The van der Waals surface area contributed by atoms with Gasteiger partial charge < -0.3 is 11.1 Å². The number of nitrogens with two attached hydrogens (primary N) is 1. The van der Waals surface area contributed by atoms with E-state index in [2.05, 4.69) is 39.2 Å². The van der Waals surface area contributed by atoms with E-state index in [4.69, 9.17) is 17.3 Å². The quantitative estimate of drug-likeness (QED) is 0.329. The minimum Gasteiger partial charge on any atom is -0.370 e. The van der Waals surface area contributed by atoms with Gasteiger partial charge in [0.25, 0.3) is 0 Å². The van der Waals surface area contributed by atoms with Crippen LogP contribution in [0.3, 0.4) is 0 Å². The number of hydrogen-bond acceptors (Lipinski definition) is 3. The first-order chi connectivity index (χ1) is 13.2. The summed E-state index contributed by atoms with van der Waals surface area (Å²) >= 11 is 6.28. The van der Waals surface area contributed by atoms with Crippen LogP contribution in [0.2, 0.25) is 5.02 Å². The van der Waals surface area contributed by atoms with Crippen molar-refractivity contribution in [2.45, 2.75) is 45.2 Å². The molecule has 5 nitrogen and oxygen atoms in total. The predicted octanol–water partition coefficient (Wildman–Crippen LogP) is 3.56. The third-order valence-corrected chi connectivity index (χ3v) is 6.37. The summed E-state index contributed by atoms with van der Waals surface area (Å²) in [6.45, 7) is 9.46. The van der Waals surface area contributed by atoms with Crippen LogP contribution in [0.25, 0.3) is 0 Å². The number of guanidine groups is 1. The molecule has 0 aliphatic carbocycles. The summed E-state index contributed by atoms with van der Waals surface area (Å²) in [4.78, 5) is 9.62. The molecule has 0 saturated carbocycles. The van der Waals surface area contributed by atoms with Crippen LogP contribution in [0.5, 0.6) is 0 Å². The molecule has 2 aliphatic heterocycles. The van der Waals surface area contributed by atoms with Gasteiger partial charge in [-0.2, -0.15) is 0 Å². The van der Waals surface area contributed by atoms with Gasteiger partial charge in [-0.3, -0.25) is 14.8 Å². The number of nitrogens with zero attached hydrogens (tertiary/aromatic N) is 3. The van der Waals surface area contributed by atoms with Crippen LogP contribution >= 0.6 is 35.6 Å². The number of benzene rings is 1. The molecule has 158 valence electrons. The molecule has 2 heterocycles. The van der Waals surface area contributed by atoms with Crippen molar-refractivity contribution in [2.75, 3.05) is 39.3 Å². The first-order valence-corrected chi connectivity index (χ1v) is 10.8. The molecule has 3 rings (SSSR count). The van der Waals surface area contributed by atoms with E-state index in [-0.39, 0.29) is 24.0 Å². The fraction of sp³-hybridized carbons (Fsp3) is 0.667. The lowest BCUT2D eigenvalue weighted by atomic mass is 9.96. The normalized spacial score (nSPS) is 22.2. The number of likely N-dealkylation sites (tertiary alicyclic amines) is 2. The molecule has 7 heteroatoms. The Morgan fingerprint density at radius 2 is 1.96 bits per heavy atom. The van der Waals surface area contributed by atoms with E-state index in [0.717, 1.165) is 44.3 Å². The van der Waals surface area contributed by atoms with E-state index in [1.807, 2.05) is 12.1 Å². The molecule has 28 heavy (non-hydrogen) atoms. The second kappa shape index (κ2) is 12.2. The summed E-state index contributed by atoms with van der Waals surface area (Å²) in [5, 5.41) is 4.20. The Bertz CT molecular complexity index is 619. The van der Waals surface area contributed by atoms with Gasteiger partial charge in [0.15, 0.2) is 5.96 Å². The highest BCUT2D eigenvalue weighted by molar-refractivity contribution is 14.0. The van der Waals surface area contributed by atoms with Gasteiger partial charge in [-0.05, 0) is 69.4 Å². The van der Waals surface area contributed by atoms with Crippen LogP contribution in [0.15, 0.2) is 29.3 Å². The molecule has 1 aromatic rings. The van der Waals surface area contributed by atoms with Gasteiger partial charge in [-0.15, -0.1) is 24.0 Å². The Morgan fingerprint density at radius 3 is 2.68 bits per heavy atom. The Hall–Kier alpha value is -0.570. The average molecular weight is 520 g/mol. The highest BCUT2D eigenvalue weighted by Crippen LogP contribution is 2.22. The standard InChI is InChI=1S/C21H34ClN5.HI/c1-2-27-11-5-7-19(27)15-25-21(23)24-14-17-9-12-26(13-10-17)16-18-6-3-4-8-20(18)22;/h3-4,6,8,17,19H,2,5,7,9-16H2,1H3,(H3,23,24,25);1H. The van der Waals surface area contributed by atoms with Gasteiger partial charge in [-0.1, -0.05) is 36.7 Å². The smallest absolute Gasteiger partial charge is 0.188 e. The summed E-state index contributed by atoms with van der Waals surface area (Å²) in [5.74, 6) is 1.24. The van der Waals surface area contributed by atoms with E-state index >= 15 is 0 Å². The molecule has 1 unspecified atom stereocenters. The number of likely N-dealkylation sites (N-methyl/N-ethyl adjacent to an activating group) is 1. The highest BCUT2D eigenvalue weighted by Gasteiger charge is 2.23. The summed E-state index contributed by atoms with van der Waals surface area (Å²) < 4.78 is 0. The fourth-order valence-electron chi connectivity index (χ4n) is 4.24. The van der Waals surface area contributed by atoms with Gasteiger partial charge in [0.1, 0.15) is 0 Å². The first kappa shape index (κ1) is 23.7. The predicted molar refractivity (Wildman–Crippen MR) is 130 cm³/mol. The van der Waals surface area contributed by atoms with Crippen molar-refractivity contribution in [3.8, 4) is 0 Å². The Labute approximate surface area is 192 Å². The zero-order chi connectivity index (χ0) is 19.1. The van der Waals surface area contributed by atoms with Gasteiger partial charge in [0.05, 0.1) is 0 Å². The minimum absolute atomic E-state index is 0. The number of aliphatic imine (C=N–C) groups is 1. The Kier molecular flexibility index (Phi) is 10.3. The van der Waals surface area contributed by atoms with Gasteiger partial charge in [0.2, 0.25) is 0 Å².